The Kier molecular flexibility index (Phi) is 4.45. The minimum absolute atomic E-state index is 0.323. The van der Waals surface area contributed by atoms with Crippen molar-refractivity contribution in [3.05, 3.63) is 30.1 Å². The number of aliphatic carboxylic acids is 1. The number of hydrogen-bond acceptors (Lipinski definition) is 3. The summed E-state index contributed by atoms with van der Waals surface area (Å²) in [5.74, 6) is -1.04. The Morgan fingerprint density at radius 3 is 2.82 bits per heavy atom. The molecule has 0 aliphatic carbocycles. The van der Waals surface area contributed by atoms with Crippen molar-refractivity contribution in [3.63, 3.8) is 0 Å². The second kappa shape index (κ2) is 5.83. The van der Waals surface area contributed by atoms with Gasteiger partial charge in [0.25, 0.3) is 0 Å². The molecule has 6 nitrogen and oxygen atoms in total. The molecular weight excluding hydrogens is 222 g/mol. The van der Waals surface area contributed by atoms with Gasteiger partial charge >= 0.3 is 12.0 Å². The number of hydrogen-bond donors (Lipinski definition) is 2. The van der Waals surface area contributed by atoms with E-state index in [-0.39, 0.29) is 0 Å². The van der Waals surface area contributed by atoms with Crippen molar-refractivity contribution >= 4 is 12.0 Å². The zero-order chi connectivity index (χ0) is 12.8. The number of pyridine rings is 1. The van der Waals surface area contributed by atoms with Crippen LogP contribution in [0.1, 0.15) is 12.5 Å². The molecule has 0 spiro atoms. The van der Waals surface area contributed by atoms with Gasteiger partial charge < -0.3 is 15.3 Å². The zero-order valence-electron chi connectivity index (χ0n) is 9.75. The monoisotopic (exact) mass is 237 g/mol. The first-order chi connectivity index (χ1) is 8.02. The van der Waals surface area contributed by atoms with Crippen LogP contribution in [0, 0.1) is 0 Å². The van der Waals surface area contributed by atoms with E-state index in [1.807, 2.05) is 6.07 Å². The van der Waals surface area contributed by atoms with Crippen LogP contribution in [0.4, 0.5) is 4.79 Å². The van der Waals surface area contributed by atoms with E-state index in [1.54, 1.807) is 18.5 Å². The second-order valence-corrected chi connectivity index (χ2v) is 3.65. The van der Waals surface area contributed by atoms with Crippen molar-refractivity contribution in [2.75, 3.05) is 7.05 Å². The van der Waals surface area contributed by atoms with Gasteiger partial charge in [-0.2, -0.15) is 0 Å². The summed E-state index contributed by atoms with van der Waals surface area (Å²) in [6.45, 7) is 1.77. The molecule has 1 unspecified atom stereocenters. The smallest absolute Gasteiger partial charge is 0.326 e. The molecule has 6 heteroatoms. The lowest BCUT2D eigenvalue weighted by atomic mass is 10.3. The molecule has 0 fully saturated rings. The van der Waals surface area contributed by atoms with Gasteiger partial charge in [0, 0.05) is 26.0 Å². The highest BCUT2D eigenvalue weighted by Gasteiger charge is 2.21. The summed E-state index contributed by atoms with van der Waals surface area (Å²) in [6.07, 6.45) is 3.28. The van der Waals surface area contributed by atoms with Crippen LogP contribution in [0.2, 0.25) is 0 Å². The van der Waals surface area contributed by atoms with Crippen molar-refractivity contribution in [3.8, 4) is 0 Å². The van der Waals surface area contributed by atoms with Crippen LogP contribution in [0.5, 0.6) is 0 Å². The highest BCUT2D eigenvalue weighted by Crippen LogP contribution is 1.98. The van der Waals surface area contributed by atoms with E-state index < -0.39 is 18.0 Å². The molecule has 2 N–H and O–H groups in total. The van der Waals surface area contributed by atoms with Gasteiger partial charge in [0.1, 0.15) is 6.04 Å². The first-order valence-electron chi connectivity index (χ1n) is 5.14. The summed E-state index contributed by atoms with van der Waals surface area (Å²) in [7, 11) is 1.44. The fraction of sp³-hybridized carbons (Fsp3) is 0.364. The highest BCUT2D eigenvalue weighted by atomic mass is 16.4. The van der Waals surface area contributed by atoms with Crippen LogP contribution in [-0.4, -0.2) is 40.1 Å². The van der Waals surface area contributed by atoms with Crippen molar-refractivity contribution in [1.82, 2.24) is 15.2 Å². The third-order valence-corrected chi connectivity index (χ3v) is 2.43. The van der Waals surface area contributed by atoms with E-state index in [0.717, 1.165) is 10.5 Å². The summed E-state index contributed by atoms with van der Waals surface area (Å²) in [5.41, 5.74) is 0.859. The summed E-state index contributed by atoms with van der Waals surface area (Å²) in [5, 5.41) is 11.4. The molecule has 0 aromatic carbocycles. The molecule has 0 saturated carbocycles. The number of likely N-dealkylation sites (N-methyl/N-ethyl adjacent to an activating group) is 1. The van der Waals surface area contributed by atoms with Crippen LogP contribution >= 0.6 is 0 Å². The number of aromatic nitrogens is 1. The lowest BCUT2D eigenvalue weighted by molar-refractivity contribution is -0.141. The van der Waals surface area contributed by atoms with Gasteiger partial charge in [-0.05, 0) is 18.6 Å². The maximum absolute atomic E-state index is 11.6. The molecular formula is C11H15N3O3. The summed E-state index contributed by atoms with van der Waals surface area (Å²) >= 11 is 0. The predicted octanol–water partition coefficient (Wildman–Crippen LogP) is 0.696. The molecule has 1 heterocycles. The summed E-state index contributed by atoms with van der Waals surface area (Å²) in [4.78, 5) is 27.3. The minimum atomic E-state index is -1.04. The van der Waals surface area contributed by atoms with E-state index >= 15 is 0 Å². The Morgan fingerprint density at radius 2 is 2.29 bits per heavy atom. The topological polar surface area (TPSA) is 82.5 Å². The molecule has 1 aromatic heterocycles. The van der Waals surface area contributed by atoms with Crippen molar-refractivity contribution < 1.29 is 14.7 Å². The first kappa shape index (κ1) is 13.0. The number of amides is 2. The van der Waals surface area contributed by atoms with Gasteiger partial charge in [-0.3, -0.25) is 4.98 Å². The Morgan fingerprint density at radius 1 is 1.59 bits per heavy atom. The molecule has 0 bridgehead atoms. The predicted molar refractivity (Wildman–Crippen MR) is 61.3 cm³/mol. The Balaban J connectivity index is 2.47. The molecule has 0 radical (unpaired) electrons. The standard InChI is InChI=1S/C11H15N3O3/c1-8(10(15)16)14(2)11(17)13-7-9-4-3-5-12-6-9/h3-6,8H,7H2,1-2H3,(H,13,17)(H,15,16). The number of carboxylic acids is 1. The number of carbonyl (C=O) groups excluding carboxylic acids is 1. The van der Waals surface area contributed by atoms with E-state index in [1.165, 1.54) is 14.0 Å². The van der Waals surface area contributed by atoms with E-state index in [2.05, 4.69) is 10.3 Å². The molecule has 92 valence electrons. The van der Waals surface area contributed by atoms with Crippen LogP contribution in [0.3, 0.4) is 0 Å². The molecule has 1 rings (SSSR count). The largest absolute Gasteiger partial charge is 0.480 e. The summed E-state index contributed by atoms with van der Waals surface area (Å²) in [6, 6.07) is 2.31. The highest BCUT2D eigenvalue weighted by molar-refractivity contribution is 5.82. The lowest BCUT2D eigenvalue weighted by Gasteiger charge is -2.21. The maximum atomic E-state index is 11.6. The van der Waals surface area contributed by atoms with Crippen molar-refractivity contribution in [1.29, 1.82) is 0 Å². The average molecular weight is 237 g/mol. The Bertz CT molecular complexity index is 394. The molecule has 0 saturated heterocycles. The van der Waals surface area contributed by atoms with Crippen molar-refractivity contribution in [2.24, 2.45) is 0 Å². The van der Waals surface area contributed by atoms with Gasteiger partial charge in [-0.25, -0.2) is 9.59 Å². The minimum Gasteiger partial charge on any atom is -0.480 e. The number of carboxylic acid groups (broad SMARTS) is 1. The zero-order valence-corrected chi connectivity index (χ0v) is 9.75. The fourth-order valence-electron chi connectivity index (χ4n) is 1.15. The van der Waals surface area contributed by atoms with E-state index in [9.17, 15) is 9.59 Å². The van der Waals surface area contributed by atoms with E-state index in [0.29, 0.717) is 6.54 Å². The normalized spacial score (nSPS) is 11.6. The summed E-state index contributed by atoms with van der Waals surface area (Å²) < 4.78 is 0. The number of rotatable bonds is 4. The van der Waals surface area contributed by atoms with Crippen LogP contribution < -0.4 is 5.32 Å². The van der Waals surface area contributed by atoms with Gasteiger partial charge in [-0.15, -0.1) is 0 Å². The molecule has 1 atom stereocenters. The molecule has 2 amide bonds. The first-order valence-corrected chi connectivity index (χ1v) is 5.14. The van der Waals surface area contributed by atoms with Gasteiger partial charge in [0.05, 0.1) is 0 Å². The van der Waals surface area contributed by atoms with Crippen LogP contribution in [0.15, 0.2) is 24.5 Å². The fourth-order valence-corrected chi connectivity index (χ4v) is 1.15. The quantitative estimate of drug-likeness (QED) is 0.807. The van der Waals surface area contributed by atoms with Gasteiger partial charge in [-0.1, -0.05) is 6.07 Å². The van der Waals surface area contributed by atoms with Crippen LogP contribution in [0.25, 0.3) is 0 Å². The lowest BCUT2D eigenvalue weighted by Crippen LogP contribution is -2.45. The van der Waals surface area contributed by atoms with E-state index in [4.69, 9.17) is 5.11 Å². The number of urea groups is 1. The SMILES string of the molecule is CC(C(=O)O)N(C)C(=O)NCc1cccnc1. The molecule has 0 aliphatic heterocycles. The number of nitrogens with one attached hydrogen (secondary N) is 1. The maximum Gasteiger partial charge on any atom is 0.326 e. The molecule has 1 aromatic rings. The Hall–Kier alpha value is -2.11. The molecule has 17 heavy (non-hydrogen) atoms. The number of carbonyl (C=O) groups is 2. The third kappa shape index (κ3) is 3.75. The Labute approximate surface area is 99.3 Å². The van der Waals surface area contributed by atoms with Gasteiger partial charge in [0.15, 0.2) is 0 Å². The average Bonchev–Trinajstić information content (AvgIpc) is 2.35. The molecule has 0 aliphatic rings. The van der Waals surface area contributed by atoms with Crippen LogP contribution in [-0.2, 0) is 11.3 Å². The van der Waals surface area contributed by atoms with Gasteiger partial charge in [0.2, 0.25) is 0 Å². The number of nitrogens with zero attached hydrogens (tertiary/aromatic N) is 2. The third-order valence-electron chi connectivity index (χ3n) is 2.43. The second-order valence-electron chi connectivity index (χ2n) is 3.65. The van der Waals surface area contributed by atoms with Crippen molar-refractivity contribution in [2.45, 2.75) is 19.5 Å².